The van der Waals surface area contributed by atoms with Crippen molar-refractivity contribution in [2.45, 2.75) is 161 Å². The summed E-state index contributed by atoms with van der Waals surface area (Å²) < 4.78 is 10.8. The van der Waals surface area contributed by atoms with Gasteiger partial charge in [-0.15, -0.1) is 0 Å². The summed E-state index contributed by atoms with van der Waals surface area (Å²) in [5, 5.41) is 0. The van der Waals surface area contributed by atoms with E-state index in [1.54, 1.807) is 0 Å². The molecule has 0 aliphatic carbocycles. The van der Waals surface area contributed by atoms with Crippen LogP contribution in [0.5, 0.6) is 0 Å². The monoisotopic (exact) mass is 497 g/mol. The second-order valence-corrected chi connectivity index (χ2v) is 10.7. The van der Waals surface area contributed by atoms with Crippen molar-refractivity contribution in [3.05, 3.63) is 0 Å². The molecule has 0 fully saturated rings. The number of hydrogen-bond acceptors (Lipinski definition) is 4. The molecule has 1 unspecified atom stereocenters. The minimum atomic E-state index is -0.297. The molecule has 1 atom stereocenters. The first-order valence-corrected chi connectivity index (χ1v) is 15.5. The molecule has 0 radical (unpaired) electrons. The van der Waals surface area contributed by atoms with E-state index in [0.717, 1.165) is 13.0 Å². The highest BCUT2D eigenvalue weighted by atomic mass is 16.5. The van der Waals surface area contributed by atoms with Crippen LogP contribution in [-0.4, -0.2) is 50.8 Å². The third-order valence-electron chi connectivity index (χ3n) is 7.10. The Hall–Kier alpha value is -0.610. The number of ether oxygens (including phenoxy) is 2. The Morgan fingerprint density at radius 1 is 0.571 bits per heavy atom. The van der Waals surface area contributed by atoms with Gasteiger partial charge in [0.1, 0.15) is 6.04 Å². The fourth-order valence-corrected chi connectivity index (χ4v) is 4.67. The lowest BCUT2D eigenvalue weighted by Crippen LogP contribution is -2.41. The predicted octanol–water partition coefficient (Wildman–Crippen LogP) is 9.10. The van der Waals surface area contributed by atoms with E-state index in [2.05, 4.69) is 6.92 Å². The minimum Gasteiger partial charge on any atom is -0.465 e. The second-order valence-electron chi connectivity index (χ2n) is 10.7. The van der Waals surface area contributed by atoms with Crippen molar-refractivity contribution < 1.29 is 14.3 Å². The van der Waals surface area contributed by atoms with Crippen molar-refractivity contribution in [1.82, 2.24) is 4.90 Å². The lowest BCUT2D eigenvalue weighted by atomic mass is 10.0. The maximum Gasteiger partial charge on any atom is 0.325 e. The number of nitrogens with zero attached hydrogens (tertiary/aromatic N) is 1. The highest BCUT2D eigenvalue weighted by Gasteiger charge is 2.22. The maximum absolute atomic E-state index is 11.9. The summed E-state index contributed by atoms with van der Waals surface area (Å²) in [5.74, 6) is -0.188. The number of esters is 1. The van der Waals surface area contributed by atoms with E-state index in [1.165, 1.54) is 135 Å². The summed E-state index contributed by atoms with van der Waals surface area (Å²) in [7, 11) is 3.79. The van der Waals surface area contributed by atoms with Crippen LogP contribution in [0.3, 0.4) is 0 Å². The van der Waals surface area contributed by atoms with Gasteiger partial charge in [-0.3, -0.25) is 9.69 Å². The van der Waals surface area contributed by atoms with Gasteiger partial charge in [0, 0.05) is 6.61 Å². The van der Waals surface area contributed by atoms with Crippen LogP contribution in [0.15, 0.2) is 0 Å². The summed E-state index contributed by atoms with van der Waals surface area (Å²) >= 11 is 0. The van der Waals surface area contributed by atoms with Crippen LogP contribution >= 0.6 is 0 Å². The summed E-state index contributed by atoms with van der Waals surface area (Å²) in [6, 6.07) is -0.297. The fraction of sp³-hybridized carbons (Fsp3) is 0.968. The van der Waals surface area contributed by atoms with Crippen molar-refractivity contribution in [1.29, 1.82) is 0 Å². The number of carbonyl (C=O) groups is 1. The normalized spacial score (nSPS) is 12.4. The van der Waals surface area contributed by atoms with Crippen LogP contribution in [0.1, 0.15) is 155 Å². The van der Waals surface area contributed by atoms with Gasteiger partial charge in [-0.25, -0.2) is 0 Å². The maximum atomic E-state index is 11.9. The van der Waals surface area contributed by atoms with Crippen LogP contribution in [0.2, 0.25) is 0 Å². The van der Waals surface area contributed by atoms with Gasteiger partial charge in [-0.05, 0) is 27.4 Å². The molecule has 0 aliphatic rings. The zero-order valence-electron chi connectivity index (χ0n) is 24.4. The Kier molecular flexibility index (Phi) is 27.5. The van der Waals surface area contributed by atoms with Crippen molar-refractivity contribution in [3.8, 4) is 0 Å². The van der Waals surface area contributed by atoms with E-state index in [-0.39, 0.29) is 12.0 Å². The summed E-state index contributed by atoms with van der Waals surface area (Å²) in [6.45, 7) is 5.71. The van der Waals surface area contributed by atoms with Gasteiger partial charge < -0.3 is 9.47 Å². The van der Waals surface area contributed by atoms with Crippen LogP contribution in [-0.2, 0) is 14.3 Å². The highest BCUT2D eigenvalue weighted by molar-refractivity contribution is 5.75. The molecule has 0 heterocycles. The van der Waals surface area contributed by atoms with Crippen LogP contribution in [0.25, 0.3) is 0 Å². The SMILES string of the molecule is CCCCCCCCCCCCCCCCCCCCCCCCOCC(C(=O)OCC)N(C)C. The van der Waals surface area contributed by atoms with E-state index in [1.807, 2.05) is 25.9 Å². The molecular formula is C31H63NO3. The lowest BCUT2D eigenvalue weighted by molar-refractivity contribution is -0.150. The largest absolute Gasteiger partial charge is 0.465 e. The van der Waals surface area contributed by atoms with Gasteiger partial charge in [0.05, 0.1) is 13.2 Å². The first-order valence-electron chi connectivity index (χ1n) is 15.5. The average molecular weight is 498 g/mol. The molecule has 0 bridgehead atoms. The molecular weight excluding hydrogens is 434 g/mol. The first-order chi connectivity index (χ1) is 17.1. The van der Waals surface area contributed by atoms with Crippen molar-refractivity contribution >= 4 is 5.97 Å². The van der Waals surface area contributed by atoms with E-state index >= 15 is 0 Å². The molecule has 0 aromatic rings. The Balaban J connectivity index is 3.22. The summed E-state index contributed by atoms with van der Waals surface area (Å²) in [4.78, 5) is 13.8. The number of likely N-dealkylation sites (N-methyl/N-ethyl adjacent to an activating group) is 1. The van der Waals surface area contributed by atoms with E-state index < -0.39 is 0 Å². The second kappa shape index (κ2) is 28.0. The molecule has 0 spiro atoms. The third kappa shape index (κ3) is 24.8. The molecule has 0 rings (SSSR count). The summed E-state index contributed by atoms with van der Waals surface area (Å²) in [5.41, 5.74) is 0. The Morgan fingerprint density at radius 2 is 0.914 bits per heavy atom. The quantitative estimate of drug-likeness (QED) is 0.0798. The standard InChI is InChI=1S/C31H63NO3/c1-5-7-8-9-10-11-12-13-14-15-16-17-18-19-20-21-22-23-24-25-26-27-28-34-29-30(32(3)4)31(33)35-6-2/h30H,5-29H2,1-4H3. The van der Waals surface area contributed by atoms with Crippen molar-refractivity contribution in [2.24, 2.45) is 0 Å². The van der Waals surface area contributed by atoms with Gasteiger partial charge >= 0.3 is 5.97 Å². The molecule has 4 heteroatoms. The number of rotatable bonds is 28. The predicted molar refractivity (Wildman–Crippen MR) is 152 cm³/mol. The molecule has 210 valence electrons. The molecule has 0 amide bonds. The fourth-order valence-electron chi connectivity index (χ4n) is 4.67. The average Bonchev–Trinajstić information content (AvgIpc) is 2.84. The lowest BCUT2D eigenvalue weighted by Gasteiger charge is -2.22. The zero-order chi connectivity index (χ0) is 25.8. The summed E-state index contributed by atoms with van der Waals surface area (Å²) in [6.07, 6.45) is 30.9. The molecule has 0 aromatic heterocycles. The first kappa shape index (κ1) is 34.4. The van der Waals surface area contributed by atoms with Gasteiger partial charge in [0.2, 0.25) is 0 Å². The van der Waals surface area contributed by atoms with E-state index in [0.29, 0.717) is 13.2 Å². The molecule has 0 saturated heterocycles. The van der Waals surface area contributed by atoms with E-state index in [4.69, 9.17) is 9.47 Å². The molecule has 0 saturated carbocycles. The zero-order valence-corrected chi connectivity index (χ0v) is 24.4. The topological polar surface area (TPSA) is 38.8 Å². The number of unbranched alkanes of at least 4 members (excludes halogenated alkanes) is 21. The van der Waals surface area contributed by atoms with Crippen LogP contribution in [0, 0.1) is 0 Å². The van der Waals surface area contributed by atoms with Crippen molar-refractivity contribution in [2.75, 3.05) is 33.9 Å². The third-order valence-corrected chi connectivity index (χ3v) is 7.10. The Bertz CT molecular complexity index is 427. The van der Waals surface area contributed by atoms with Crippen LogP contribution < -0.4 is 0 Å². The number of carbonyl (C=O) groups excluding carboxylic acids is 1. The molecule has 0 aliphatic heterocycles. The van der Waals surface area contributed by atoms with Crippen molar-refractivity contribution in [3.63, 3.8) is 0 Å². The number of hydrogen-bond donors (Lipinski definition) is 0. The Labute approximate surface area is 220 Å². The van der Waals surface area contributed by atoms with Gasteiger partial charge in [0.15, 0.2) is 0 Å². The molecule has 35 heavy (non-hydrogen) atoms. The highest BCUT2D eigenvalue weighted by Crippen LogP contribution is 2.15. The van der Waals surface area contributed by atoms with Gasteiger partial charge in [0.25, 0.3) is 0 Å². The molecule has 0 N–H and O–H groups in total. The smallest absolute Gasteiger partial charge is 0.325 e. The van der Waals surface area contributed by atoms with Gasteiger partial charge in [-0.1, -0.05) is 142 Å². The minimum absolute atomic E-state index is 0.188. The van der Waals surface area contributed by atoms with Gasteiger partial charge in [-0.2, -0.15) is 0 Å². The van der Waals surface area contributed by atoms with E-state index in [9.17, 15) is 4.79 Å². The Morgan fingerprint density at radius 3 is 1.23 bits per heavy atom. The molecule has 0 aromatic carbocycles. The molecule has 4 nitrogen and oxygen atoms in total. The van der Waals surface area contributed by atoms with Crippen LogP contribution in [0.4, 0.5) is 0 Å².